The molecule has 0 atom stereocenters. The summed E-state index contributed by atoms with van der Waals surface area (Å²) < 4.78 is 16.1. The predicted molar refractivity (Wildman–Crippen MR) is 98.8 cm³/mol. The van der Waals surface area contributed by atoms with Crippen molar-refractivity contribution in [3.8, 4) is 5.69 Å². The van der Waals surface area contributed by atoms with E-state index in [1.807, 2.05) is 0 Å². The van der Waals surface area contributed by atoms with Crippen LogP contribution in [0.2, 0.25) is 0 Å². The van der Waals surface area contributed by atoms with Crippen molar-refractivity contribution in [1.29, 1.82) is 0 Å². The molecular weight excluding hydrogens is 349 g/mol. The molecule has 27 heavy (non-hydrogen) atoms. The summed E-state index contributed by atoms with van der Waals surface area (Å²) >= 11 is 0. The highest BCUT2D eigenvalue weighted by Crippen LogP contribution is 2.21. The monoisotopic (exact) mass is 367 g/mol. The fourth-order valence-electron chi connectivity index (χ4n) is 3.56. The van der Waals surface area contributed by atoms with E-state index >= 15 is 0 Å². The number of para-hydroxylation sites is 1. The fraction of sp³-hybridized carbons (Fsp3) is 0.250. The molecule has 7 heteroatoms. The molecule has 0 unspecified atom stereocenters. The number of likely N-dealkylation sites (tertiary alicyclic amines) is 1. The minimum Gasteiger partial charge on any atom is -0.477 e. The quantitative estimate of drug-likeness (QED) is 0.718. The molecule has 4 rings (SSSR count). The van der Waals surface area contributed by atoms with Crippen LogP contribution in [0.1, 0.15) is 28.9 Å². The van der Waals surface area contributed by atoms with E-state index in [1.165, 1.54) is 25.1 Å². The third-order valence-electron chi connectivity index (χ3n) is 4.88. The molecule has 2 aromatic heterocycles. The molecule has 3 heterocycles. The number of nitrogens with zero attached hydrogens (tertiary/aromatic N) is 3. The summed E-state index contributed by atoms with van der Waals surface area (Å²) in [4.78, 5) is 30.5. The number of hydrogen-bond donors (Lipinski definition) is 1. The van der Waals surface area contributed by atoms with Crippen molar-refractivity contribution in [2.45, 2.75) is 19.4 Å². The third kappa shape index (κ3) is 3.10. The van der Waals surface area contributed by atoms with Crippen molar-refractivity contribution in [3.63, 3.8) is 0 Å². The van der Waals surface area contributed by atoms with Crippen molar-refractivity contribution < 1.29 is 14.3 Å². The van der Waals surface area contributed by atoms with E-state index in [4.69, 9.17) is 0 Å². The van der Waals surface area contributed by atoms with Crippen LogP contribution in [0, 0.1) is 5.95 Å². The van der Waals surface area contributed by atoms with E-state index in [-0.39, 0.29) is 5.39 Å². The van der Waals surface area contributed by atoms with E-state index < -0.39 is 22.9 Å². The Bertz CT molecular complexity index is 1070. The molecule has 0 amide bonds. The first-order valence-corrected chi connectivity index (χ1v) is 8.80. The predicted octanol–water partition coefficient (Wildman–Crippen LogP) is 2.82. The van der Waals surface area contributed by atoms with E-state index in [9.17, 15) is 19.1 Å². The maximum absolute atomic E-state index is 15.0. The topological polar surface area (TPSA) is 75.4 Å². The maximum Gasteiger partial charge on any atom is 0.344 e. The minimum atomic E-state index is -1.59. The van der Waals surface area contributed by atoms with Gasteiger partial charge in [-0.15, -0.1) is 0 Å². The van der Waals surface area contributed by atoms with E-state index in [1.54, 1.807) is 30.3 Å². The van der Waals surface area contributed by atoms with Crippen LogP contribution in [0.15, 0.2) is 47.4 Å². The Morgan fingerprint density at radius 1 is 1.15 bits per heavy atom. The number of halogens is 1. The van der Waals surface area contributed by atoms with Crippen molar-refractivity contribution in [2.75, 3.05) is 13.1 Å². The lowest BCUT2D eigenvalue weighted by Crippen LogP contribution is -2.23. The zero-order valence-corrected chi connectivity index (χ0v) is 14.6. The van der Waals surface area contributed by atoms with Crippen LogP contribution < -0.4 is 5.43 Å². The lowest BCUT2D eigenvalue weighted by Gasteiger charge is -2.16. The molecule has 0 aliphatic carbocycles. The zero-order valence-electron chi connectivity index (χ0n) is 14.6. The van der Waals surface area contributed by atoms with Gasteiger partial charge in [-0.05, 0) is 50.2 Å². The molecule has 3 aromatic rings. The van der Waals surface area contributed by atoms with E-state index in [2.05, 4.69) is 9.88 Å². The van der Waals surface area contributed by atoms with Gasteiger partial charge >= 0.3 is 5.97 Å². The molecule has 1 fully saturated rings. The first-order valence-electron chi connectivity index (χ1n) is 8.80. The van der Waals surface area contributed by atoms with Gasteiger partial charge in [-0.1, -0.05) is 12.1 Å². The molecule has 1 aliphatic heterocycles. The highest BCUT2D eigenvalue weighted by Gasteiger charge is 2.23. The fourth-order valence-corrected chi connectivity index (χ4v) is 3.56. The number of carboxylic acid groups (broad SMARTS) is 1. The SMILES string of the molecule is O=C(O)c1c(F)n(-c2ccc(CN3CCCC3)nc2)c2ccccc2c1=O. The van der Waals surface area contributed by atoms with Crippen LogP contribution in [-0.4, -0.2) is 38.6 Å². The van der Waals surface area contributed by atoms with Gasteiger partial charge in [-0.2, -0.15) is 4.39 Å². The lowest BCUT2D eigenvalue weighted by atomic mass is 10.1. The highest BCUT2D eigenvalue weighted by atomic mass is 19.1. The molecule has 1 aromatic carbocycles. The Balaban J connectivity index is 1.83. The average Bonchev–Trinajstić information content (AvgIpc) is 3.16. The number of benzene rings is 1. The van der Waals surface area contributed by atoms with Crippen molar-refractivity contribution >= 4 is 16.9 Å². The standard InChI is InChI=1S/C20H18FN3O3/c21-19-17(20(26)27)18(25)15-5-1-2-6-16(15)24(19)14-8-7-13(22-11-14)12-23-9-3-4-10-23/h1-2,5-8,11H,3-4,9-10,12H2,(H,26,27). The second-order valence-electron chi connectivity index (χ2n) is 6.64. The number of aromatic nitrogens is 2. The van der Waals surface area contributed by atoms with Gasteiger partial charge in [0.05, 0.1) is 23.1 Å². The van der Waals surface area contributed by atoms with Crippen LogP contribution in [0.25, 0.3) is 16.6 Å². The smallest absolute Gasteiger partial charge is 0.344 e. The van der Waals surface area contributed by atoms with Crippen molar-refractivity contribution in [1.82, 2.24) is 14.5 Å². The molecule has 1 aliphatic rings. The summed E-state index contributed by atoms with van der Waals surface area (Å²) in [5, 5.41) is 9.46. The largest absolute Gasteiger partial charge is 0.477 e. The van der Waals surface area contributed by atoms with Crippen LogP contribution in [0.5, 0.6) is 0 Å². The maximum atomic E-state index is 15.0. The molecule has 1 N–H and O–H groups in total. The summed E-state index contributed by atoms with van der Waals surface area (Å²) in [7, 11) is 0. The summed E-state index contributed by atoms with van der Waals surface area (Å²) in [6, 6.07) is 9.88. The number of fused-ring (bicyclic) bond motifs is 1. The Morgan fingerprint density at radius 3 is 2.56 bits per heavy atom. The summed E-state index contributed by atoms with van der Waals surface area (Å²) in [5.74, 6) is -2.68. The first kappa shape index (κ1) is 17.4. The molecule has 138 valence electrons. The Labute approximate surface area is 154 Å². The third-order valence-corrected chi connectivity index (χ3v) is 4.88. The molecule has 0 saturated carbocycles. The van der Waals surface area contributed by atoms with Gasteiger partial charge in [0.2, 0.25) is 11.4 Å². The van der Waals surface area contributed by atoms with Crippen LogP contribution in [-0.2, 0) is 6.54 Å². The molecular formula is C20H18FN3O3. The van der Waals surface area contributed by atoms with Crippen LogP contribution in [0.4, 0.5) is 4.39 Å². The van der Waals surface area contributed by atoms with Crippen LogP contribution >= 0.6 is 0 Å². The number of pyridine rings is 2. The number of hydrogen-bond acceptors (Lipinski definition) is 4. The van der Waals surface area contributed by atoms with Crippen molar-refractivity contribution in [2.24, 2.45) is 0 Å². The highest BCUT2D eigenvalue weighted by molar-refractivity contribution is 5.93. The second kappa shape index (κ2) is 6.92. The number of aromatic carboxylic acids is 1. The van der Waals surface area contributed by atoms with Gasteiger partial charge in [0.15, 0.2) is 5.56 Å². The van der Waals surface area contributed by atoms with E-state index in [0.29, 0.717) is 11.2 Å². The number of carboxylic acids is 1. The Morgan fingerprint density at radius 2 is 1.89 bits per heavy atom. The Hall–Kier alpha value is -3.06. The van der Waals surface area contributed by atoms with Gasteiger partial charge in [0.25, 0.3) is 0 Å². The lowest BCUT2D eigenvalue weighted by molar-refractivity contribution is 0.0689. The van der Waals surface area contributed by atoms with Crippen molar-refractivity contribution in [3.05, 3.63) is 70.0 Å². The normalized spacial score (nSPS) is 14.7. The van der Waals surface area contributed by atoms with Gasteiger partial charge in [-0.25, -0.2) is 4.79 Å². The molecule has 1 saturated heterocycles. The summed E-state index contributed by atoms with van der Waals surface area (Å²) in [5.41, 5.74) is -0.152. The van der Waals surface area contributed by atoms with Gasteiger partial charge in [0.1, 0.15) is 0 Å². The number of carbonyl (C=O) groups is 1. The molecule has 0 radical (unpaired) electrons. The van der Waals surface area contributed by atoms with Gasteiger partial charge < -0.3 is 5.11 Å². The zero-order chi connectivity index (χ0) is 19.0. The molecule has 0 bridgehead atoms. The van der Waals surface area contributed by atoms with Gasteiger partial charge in [-0.3, -0.25) is 19.2 Å². The minimum absolute atomic E-state index is 0.150. The van der Waals surface area contributed by atoms with E-state index in [0.717, 1.165) is 29.9 Å². The second-order valence-corrected chi connectivity index (χ2v) is 6.64. The van der Waals surface area contributed by atoms with Crippen LogP contribution in [0.3, 0.4) is 0 Å². The average molecular weight is 367 g/mol. The summed E-state index contributed by atoms with van der Waals surface area (Å²) in [6.45, 7) is 2.82. The summed E-state index contributed by atoms with van der Waals surface area (Å²) in [6.07, 6.45) is 3.88. The Kier molecular flexibility index (Phi) is 4.45. The molecule has 0 spiro atoms. The molecule has 6 nitrogen and oxygen atoms in total. The number of rotatable bonds is 4. The van der Waals surface area contributed by atoms with Gasteiger partial charge in [0, 0.05) is 11.9 Å². The first-order chi connectivity index (χ1) is 13.1.